The Hall–Kier alpha value is -3.44. The molecule has 0 aliphatic carbocycles. The second kappa shape index (κ2) is 8.74. The van der Waals surface area contributed by atoms with Gasteiger partial charge in [0.1, 0.15) is 10.6 Å². The van der Waals surface area contributed by atoms with Crippen molar-refractivity contribution >= 4 is 37.1 Å². The first kappa shape index (κ1) is 22.2. The highest BCUT2D eigenvalue weighted by Crippen LogP contribution is 2.30. The van der Waals surface area contributed by atoms with E-state index in [0.717, 1.165) is 6.26 Å². The van der Waals surface area contributed by atoms with Crippen LogP contribution in [0.2, 0.25) is 0 Å². The molecule has 162 valence electrons. The number of aromatic nitrogens is 1. The van der Waals surface area contributed by atoms with Gasteiger partial charge in [-0.1, -0.05) is 12.1 Å². The lowest BCUT2D eigenvalue weighted by Crippen LogP contribution is -2.17. The predicted molar refractivity (Wildman–Crippen MR) is 116 cm³/mol. The molecule has 11 heteroatoms. The van der Waals surface area contributed by atoms with E-state index in [0.29, 0.717) is 11.3 Å². The molecule has 2 N–H and O–H groups in total. The summed E-state index contributed by atoms with van der Waals surface area (Å²) in [6.07, 6.45) is 3.88. The molecule has 9 nitrogen and oxygen atoms in total. The topological polar surface area (TPSA) is 132 Å². The summed E-state index contributed by atoms with van der Waals surface area (Å²) in [5.74, 6) is -0.212. The number of rotatable bonds is 7. The highest BCUT2D eigenvalue weighted by Gasteiger charge is 2.24. The quantitative estimate of drug-likeness (QED) is 0.553. The number of benzene rings is 2. The summed E-state index contributed by atoms with van der Waals surface area (Å²) < 4.78 is 57.2. The Kier molecular flexibility index (Phi) is 6.27. The molecule has 0 unspecified atom stereocenters. The average molecular weight is 462 g/mol. The van der Waals surface area contributed by atoms with Crippen LogP contribution in [0, 0.1) is 0 Å². The van der Waals surface area contributed by atoms with Gasteiger partial charge in [-0.25, -0.2) is 16.8 Å². The minimum atomic E-state index is -4.21. The molecular formula is C20H19N3O6S2. The van der Waals surface area contributed by atoms with E-state index < -0.39 is 25.8 Å². The molecule has 2 aromatic carbocycles. The van der Waals surface area contributed by atoms with E-state index in [2.05, 4.69) is 15.0 Å². The van der Waals surface area contributed by atoms with Crippen molar-refractivity contribution in [3.63, 3.8) is 0 Å². The second-order valence-electron chi connectivity index (χ2n) is 6.44. The normalized spacial score (nSPS) is 11.5. The summed E-state index contributed by atoms with van der Waals surface area (Å²) >= 11 is 0. The Bertz CT molecular complexity index is 1320. The van der Waals surface area contributed by atoms with Crippen LogP contribution in [-0.4, -0.2) is 41.1 Å². The monoisotopic (exact) mass is 461 g/mol. The maximum absolute atomic E-state index is 12.8. The lowest BCUT2D eigenvalue weighted by atomic mass is 10.2. The fourth-order valence-electron chi connectivity index (χ4n) is 2.74. The Balaban J connectivity index is 1.89. The largest absolute Gasteiger partial charge is 0.494 e. The lowest BCUT2D eigenvalue weighted by molar-refractivity contribution is 0.102. The van der Waals surface area contributed by atoms with Crippen LogP contribution in [0.1, 0.15) is 10.4 Å². The van der Waals surface area contributed by atoms with Gasteiger partial charge in [-0.2, -0.15) is 0 Å². The number of nitrogens with one attached hydrogen (secondary N) is 2. The third-order valence-electron chi connectivity index (χ3n) is 4.16. The molecule has 0 aliphatic rings. The number of nitrogens with zero attached hydrogens (tertiary/aromatic N) is 1. The molecule has 0 atom stereocenters. The number of sulfone groups is 1. The first-order valence-electron chi connectivity index (χ1n) is 8.83. The molecular weight excluding hydrogens is 442 g/mol. The van der Waals surface area contributed by atoms with Crippen molar-refractivity contribution in [3.05, 3.63) is 72.6 Å². The molecule has 0 bridgehead atoms. The first-order valence-corrected chi connectivity index (χ1v) is 12.2. The van der Waals surface area contributed by atoms with Gasteiger partial charge in [0.15, 0.2) is 9.84 Å². The second-order valence-corrected chi connectivity index (χ2v) is 10.1. The number of pyridine rings is 1. The Labute approximate surface area is 180 Å². The maximum atomic E-state index is 12.8. The fourth-order valence-corrected chi connectivity index (χ4v) is 5.42. The van der Waals surface area contributed by atoms with Crippen LogP contribution in [0.4, 0.5) is 11.4 Å². The molecule has 3 rings (SSSR count). The van der Waals surface area contributed by atoms with E-state index in [1.54, 1.807) is 18.3 Å². The van der Waals surface area contributed by atoms with Crippen LogP contribution in [0.25, 0.3) is 0 Å². The molecule has 1 heterocycles. The Morgan fingerprint density at radius 1 is 0.968 bits per heavy atom. The van der Waals surface area contributed by atoms with Gasteiger partial charge in [0, 0.05) is 24.7 Å². The van der Waals surface area contributed by atoms with E-state index in [1.807, 2.05) is 0 Å². The minimum Gasteiger partial charge on any atom is -0.494 e. The number of sulfonamides is 1. The van der Waals surface area contributed by atoms with Gasteiger partial charge in [-0.05, 0) is 36.4 Å². The average Bonchev–Trinajstić information content (AvgIpc) is 2.74. The zero-order valence-electron chi connectivity index (χ0n) is 16.6. The van der Waals surface area contributed by atoms with Gasteiger partial charge in [-0.15, -0.1) is 0 Å². The lowest BCUT2D eigenvalue weighted by Gasteiger charge is -2.14. The smallest absolute Gasteiger partial charge is 0.263 e. The van der Waals surface area contributed by atoms with Crippen LogP contribution < -0.4 is 14.8 Å². The molecule has 0 saturated heterocycles. The molecule has 3 aromatic rings. The van der Waals surface area contributed by atoms with Crippen LogP contribution >= 0.6 is 0 Å². The van der Waals surface area contributed by atoms with Gasteiger partial charge in [0.25, 0.3) is 15.9 Å². The van der Waals surface area contributed by atoms with Crippen molar-refractivity contribution in [2.24, 2.45) is 0 Å². The SMILES string of the molecule is COc1cc(NS(=O)(=O)c2ccccc2S(C)(=O)=O)ccc1NC(=O)c1cccnc1. The van der Waals surface area contributed by atoms with E-state index in [4.69, 9.17) is 4.74 Å². The third-order valence-corrected chi connectivity index (χ3v) is 6.89. The van der Waals surface area contributed by atoms with Crippen molar-refractivity contribution in [2.75, 3.05) is 23.4 Å². The molecule has 1 amide bonds. The van der Waals surface area contributed by atoms with Crippen LogP contribution in [0.15, 0.2) is 76.8 Å². The number of methoxy groups -OCH3 is 1. The first-order chi connectivity index (χ1) is 14.6. The molecule has 0 fully saturated rings. The molecule has 31 heavy (non-hydrogen) atoms. The van der Waals surface area contributed by atoms with Crippen molar-refractivity contribution in [2.45, 2.75) is 9.79 Å². The summed E-state index contributed by atoms with van der Waals surface area (Å²) in [5, 5.41) is 2.67. The van der Waals surface area contributed by atoms with E-state index in [-0.39, 0.29) is 21.2 Å². The summed E-state index contributed by atoms with van der Waals surface area (Å²) in [6, 6.07) is 12.8. The summed E-state index contributed by atoms with van der Waals surface area (Å²) in [7, 11) is -6.61. The number of anilines is 2. The molecule has 0 spiro atoms. The molecule has 0 saturated carbocycles. The van der Waals surface area contributed by atoms with Crippen LogP contribution in [0.3, 0.4) is 0 Å². The van der Waals surface area contributed by atoms with Crippen molar-refractivity contribution in [1.29, 1.82) is 0 Å². The highest BCUT2D eigenvalue weighted by atomic mass is 32.2. The fraction of sp³-hybridized carbons (Fsp3) is 0.100. The van der Waals surface area contributed by atoms with Gasteiger partial charge >= 0.3 is 0 Å². The van der Waals surface area contributed by atoms with E-state index in [1.165, 1.54) is 55.8 Å². The number of carbonyl (C=O) groups excluding carboxylic acids is 1. The highest BCUT2D eigenvalue weighted by molar-refractivity contribution is 7.95. The van der Waals surface area contributed by atoms with Crippen LogP contribution in [-0.2, 0) is 19.9 Å². The third kappa shape index (κ3) is 5.19. The Morgan fingerprint density at radius 2 is 1.68 bits per heavy atom. The minimum absolute atomic E-state index is 0.125. The number of hydrogen-bond donors (Lipinski definition) is 2. The molecule has 1 aromatic heterocycles. The summed E-state index contributed by atoms with van der Waals surface area (Å²) in [4.78, 5) is 15.5. The predicted octanol–water partition coefficient (Wildman–Crippen LogP) is 2.55. The number of amides is 1. The van der Waals surface area contributed by atoms with Crippen molar-refractivity contribution in [3.8, 4) is 5.75 Å². The zero-order chi connectivity index (χ0) is 22.6. The maximum Gasteiger partial charge on any atom is 0.263 e. The number of hydrogen-bond acceptors (Lipinski definition) is 7. The van der Waals surface area contributed by atoms with Crippen LogP contribution in [0.5, 0.6) is 5.75 Å². The van der Waals surface area contributed by atoms with Crippen molar-refractivity contribution < 1.29 is 26.4 Å². The van der Waals surface area contributed by atoms with Gasteiger partial charge in [0.05, 0.1) is 28.9 Å². The summed E-state index contributed by atoms with van der Waals surface area (Å²) in [6.45, 7) is 0. The van der Waals surface area contributed by atoms with Crippen molar-refractivity contribution in [1.82, 2.24) is 4.98 Å². The summed E-state index contributed by atoms with van der Waals surface area (Å²) in [5.41, 5.74) is 0.780. The molecule has 0 radical (unpaired) electrons. The number of carbonyl (C=O) groups is 1. The zero-order valence-corrected chi connectivity index (χ0v) is 18.2. The van der Waals surface area contributed by atoms with Gasteiger partial charge in [0.2, 0.25) is 0 Å². The number of ether oxygens (including phenoxy) is 1. The standard InChI is InChI=1S/C20H19N3O6S2/c1-29-17-12-15(9-10-16(17)22-20(24)14-6-5-11-21-13-14)23-31(27,28)19-8-4-3-7-18(19)30(2,25)26/h3-13,23H,1-2H3,(H,22,24). The molecule has 0 aliphatic heterocycles. The van der Waals surface area contributed by atoms with E-state index in [9.17, 15) is 21.6 Å². The van der Waals surface area contributed by atoms with Gasteiger partial charge < -0.3 is 10.1 Å². The van der Waals surface area contributed by atoms with Gasteiger partial charge in [-0.3, -0.25) is 14.5 Å². The van der Waals surface area contributed by atoms with E-state index >= 15 is 0 Å². The Morgan fingerprint density at radius 3 is 2.29 bits per heavy atom.